The Morgan fingerprint density at radius 3 is 2.56 bits per heavy atom. The molecule has 1 aromatic heterocycles. The van der Waals surface area contributed by atoms with Crippen molar-refractivity contribution >= 4 is 17.7 Å². The van der Waals surface area contributed by atoms with Gasteiger partial charge in [0.2, 0.25) is 11.1 Å². The number of hydrogen-bond donors (Lipinski definition) is 2. The molecule has 0 aliphatic heterocycles. The second-order valence-electron chi connectivity index (χ2n) is 7.50. The van der Waals surface area contributed by atoms with Gasteiger partial charge >= 0.3 is 0 Å². The van der Waals surface area contributed by atoms with Gasteiger partial charge in [0.1, 0.15) is 12.4 Å². The molecule has 8 heteroatoms. The lowest BCUT2D eigenvalue weighted by atomic mass is 9.87. The van der Waals surface area contributed by atoms with E-state index in [2.05, 4.69) is 48.4 Å². The molecule has 0 aliphatic carbocycles. The molecule has 0 bridgehead atoms. The summed E-state index contributed by atoms with van der Waals surface area (Å²) in [6.07, 6.45) is 0.891. The smallest absolute Gasteiger partial charge is 0.230 e. The first-order valence-corrected chi connectivity index (χ1v) is 10.0. The van der Waals surface area contributed by atoms with E-state index in [1.807, 2.05) is 26.0 Å². The van der Waals surface area contributed by atoms with Crippen molar-refractivity contribution in [3.8, 4) is 5.75 Å². The Hall–Kier alpha value is -2.22. The number of nitrogens with two attached hydrogens (primary N) is 1. The minimum atomic E-state index is -0.0471. The molecule has 1 aromatic carbocycles. The molecule has 1 amide bonds. The molecule has 1 atom stereocenters. The van der Waals surface area contributed by atoms with Crippen molar-refractivity contribution in [3.05, 3.63) is 35.7 Å². The minimum absolute atomic E-state index is 0.0471. The summed E-state index contributed by atoms with van der Waals surface area (Å²) in [5.74, 6) is 7.46. The van der Waals surface area contributed by atoms with E-state index in [0.29, 0.717) is 11.0 Å². The number of thioether (sulfide) groups is 1. The van der Waals surface area contributed by atoms with E-state index in [4.69, 9.17) is 10.6 Å². The summed E-state index contributed by atoms with van der Waals surface area (Å²) in [5, 5.41) is 11.5. The van der Waals surface area contributed by atoms with E-state index >= 15 is 0 Å². The van der Waals surface area contributed by atoms with E-state index in [1.165, 1.54) is 22.0 Å². The van der Waals surface area contributed by atoms with Crippen LogP contribution in [0.2, 0.25) is 0 Å². The molecule has 0 radical (unpaired) electrons. The lowest BCUT2D eigenvalue weighted by molar-refractivity contribution is -0.119. The first-order chi connectivity index (χ1) is 12.7. The van der Waals surface area contributed by atoms with Gasteiger partial charge < -0.3 is 15.9 Å². The van der Waals surface area contributed by atoms with Crippen LogP contribution in [0.1, 0.15) is 52.4 Å². The van der Waals surface area contributed by atoms with Gasteiger partial charge in [0, 0.05) is 6.04 Å². The number of carbonyl (C=O) groups is 1. The molecule has 7 nitrogen and oxygen atoms in total. The number of ether oxygens (including phenoxy) is 1. The standard InChI is InChI=1S/C19H29N5O2S/c1-6-13(2)21-17(25)12-27-18-23-22-16(24(18)20)11-26-15-9-7-14(8-10-15)19(3,4)5/h7-10,13H,6,11-12,20H2,1-5H3,(H,21,25)/t13-/m0/s1. The third-order valence-electron chi connectivity index (χ3n) is 4.18. The minimum Gasteiger partial charge on any atom is -0.486 e. The number of aromatic nitrogens is 3. The zero-order valence-corrected chi connectivity index (χ0v) is 17.5. The third kappa shape index (κ3) is 6.16. The second-order valence-corrected chi connectivity index (χ2v) is 8.44. The Labute approximate surface area is 165 Å². The molecule has 148 valence electrons. The van der Waals surface area contributed by atoms with Crippen LogP contribution in [0, 0.1) is 0 Å². The molecule has 3 N–H and O–H groups in total. The van der Waals surface area contributed by atoms with Crippen molar-refractivity contribution in [1.29, 1.82) is 0 Å². The van der Waals surface area contributed by atoms with Crippen molar-refractivity contribution in [2.75, 3.05) is 11.6 Å². The number of nitrogen functional groups attached to an aromatic ring is 1. The zero-order valence-electron chi connectivity index (χ0n) is 16.7. The van der Waals surface area contributed by atoms with Gasteiger partial charge in [-0.2, -0.15) is 0 Å². The topological polar surface area (TPSA) is 95.1 Å². The molecule has 0 fully saturated rings. The van der Waals surface area contributed by atoms with Gasteiger partial charge in [0.25, 0.3) is 0 Å². The molecule has 0 unspecified atom stereocenters. The molecule has 2 aromatic rings. The molecular formula is C19H29N5O2S. The second kappa shape index (κ2) is 9.12. The first kappa shape index (κ1) is 21.1. The number of rotatable bonds is 8. The fourth-order valence-corrected chi connectivity index (χ4v) is 2.94. The summed E-state index contributed by atoms with van der Waals surface area (Å²) in [7, 11) is 0. The van der Waals surface area contributed by atoms with Crippen LogP contribution in [0.3, 0.4) is 0 Å². The number of nitrogens with one attached hydrogen (secondary N) is 1. The van der Waals surface area contributed by atoms with E-state index < -0.39 is 0 Å². The van der Waals surface area contributed by atoms with Crippen molar-refractivity contribution in [3.63, 3.8) is 0 Å². The molecule has 0 saturated heterocycles. The highest BCUT2D eigenvalue weighted by Gasteiger charge is 2.15. The Morgan fingerprint density at radius 1 is 1.30 bits per heavy atom. The Balaban J connectivity index is 1.89. The van der Waals surface area contributed by atoms with Crippen LogP contribution in [-0.2, 0) is 16.8 Å². The van der Waals surface area contributed by atoms with Crippen LogP contribution in [0.25, 0.3) is 0 Å². The molecule has 27 heavy (non-hydrogen) atoms. The summed E-state index contributed by atoms with van der Waals surface area (Å²) in [6, 6.07) is 8.14. The van der Waals surface area contributed by atoms with Crippen LogP contribution in [-0.4, -0.2) is 32.6 Å². The maximum absolute atomic E-state index is 11.9. The summed E-state index contributed by atoms with van der Waals surface area (Å²) in [5.41, 5.74) is 1.34. The predicted octanol–water partition coefficient (Wildman–Crippen LogP) is 2.88. The summed E-state index contributed by atoms with van der Waals surface area (Å²) in [6.45, 7) is 10.7. The van der Waals surface area contributed by atoms with Crippen molar-refractivity contribution in [2.45, 2.75) is 64.3 Å². The average Bonchev–Trinajstić information content (AvgIpc) is 2.97. The molecule has 0 aliphatic rings. The molecule has 2 rings (SSSR count). The zero-order chi connectivity index (χ0) is 20.0. The lowest BCUT2D eigenvalue weighted by Gasteiger charge is -2.19. The fourth-order valence-electron chi connectivity index (χ4n) is 2.25. The molecule has 0 spiro atoms. The quantitative estimate of drug-likeness (QED) is 0.531. The third-order valence-corrected chi connectivity index (χ3v) is 5.12. The van der Waals surface area contributed by atoms with Crippen molar-refractivity contribution in [1.82, 2.24) is 20.2 Å². The number of hydrogen-bond acceptors (Lipinski definition) is 6. The van der Waals surface area contributed by atoms with Gasteiger partial charge in [-0.1, -0.05) is 51.6 Å². The van der Waals surface area contributed by atoms with Crippen molar-refractivity contribution < 1.29 is 9.53 Å². The number of amides is 1. The molecular weight excluding hydrogens is 362 g/mol. The highest BCUT2D eigenvalue weighted by atomic mass is 32.2. The van der Waals surface area contributed by atoms with Crippen LogP contribution in [0.15, 0.2) is 29.4 Å². The van der Waals surface area contributed by atoms with Gasteiger partial charge in [-0.15, -0.1) is 10.2 Å². The highest BCUT2D eigenvalue weighted by Crippen LogP contribution is 2.24. The van der Waals surface area contributed by atoms with Crippen LogP contribution < -0.4 is 15.9 Å². The SMILES string of the molecule is CC[C@H](C)NC(=O)CSc1nnc(COc2ccc(C(C)(C)C)cc2)n1N. The summed E-state index contributed by atoms with van der Waals surface area (Å²) in [4.78, 5) is 11.9. The van der Waals surface area contributed by atoms with Crippen molar-refractivity contribution in [2.24, 2.45) is 0 Å². The Morgan fingerprint density at radius 2 is 1.96 bits per heavy atom. The van der Waals surface area contributed by atoms with Crippen LogP contribution in [0.5, 0.6) is 5.75 Å². The number of benzene rings is 1. The average molecular weight is 392 g/mol. The largest absolute Gasteiger partial charge is 0.486 e. The lowest BCUT2D eigenvalue weighted by Crippen LogP contribution is -2.33. The predicted molar refractivity (Wildman–Crippen MR) is 108 cm³/mol. The number of carbonyl (C=O) groups excluding carboxylic acids is 1. The normalized spacial score (nSPS) is 12.6. The summed E-state index contributed by atoms with van der Waals surface area (Å²) < 4.78 is 7.12. The number of nitrogens with zero attached hydrogens (tertiary/aromatic N) is 3. The van der Waals surface area contributed by atoms with Gasteiger partial charge in [-0.3, -0.25) is 4.79 Å². The van der Waals surface area contributed by atoms with E-state index in [-0.39, 0.29) is 29.7 Å². The van der Waals surface area contributed by atoms with E-state index in [1.54, 1.807) is 0 Å². The fraction of sp³-hybridized carbons (Fsp3) is 0.526. The monoisotopic (exact) mass is 391 g/mol. The Bertz CT molecular complexity index is 752. The first-order valence-electron chi connectivity index (χ1n) is 9.05. The van der Waals surface area contributed by atoms with Gasteiger partial charge in [0.05, 0.1) is 5.75 Å². The maximum atomic E-state index is 11.9. The van der Waals surface area contributed by atoms with E-state index in [0.717, 1.165) is 12.2 Å². The van der Waals surface area contributed by atoms with Gasteiger partial charge in [0.15, 0.2) is 5.82 Å². The highest BCUT2D eigenvalue weighted by molar-refractivity contribution is 7.99. The molecule has 0 saturated carbocycles. The summed E-state index contributed by atoms with van der Waals surface area (Å²) >= 11 is 1.25. The molecule has 1 heterocycles. The van der Waals surface area contributed by atoms with E-state index in [9.17, 15) is 4.79 Å². The Kier molecular flexibility index (Phi) is 7.12. The van der Waals surface area contributed by atoms with Gasteiger partial charge in [-0.05, 0) is 36.5 Å². The van der Waals surface area contributed by atoms with Crippen LogP contribution in [0.4, 0.5) is 0 Å². The van der Waals surface area contributed by atoms with Crippen LogP contribution >= 0.6 is 11.8 Å². The van der Waals surface area contributed by atoms with Gasteiger partial charge in [-0.25, -0.2) is 4.68 Å². The maximum Gasteiger partial charge on any atom is 0.230 e.